The number of benzene rings is 1. The van der Waals surface area contributed by atoms with Crippen LogP contribution < -0.4 is 11.1 Å². The van der Waals surface area contributed by atoms with Gasteiger partial charge in [-0.25, -0.2) is 4.79 Å². The molecule has 1 aromatic heterocycles. The van der Waals surface area contributed by atoms with Crippen molar-refractivity contribution in [3.05, 3.63) is 56.7 Å². The van der Waals surface area contributed by atoms with Gasteiger partial charge in [-0.3, -0.25) is 14.4 Å². The average molecular weight is 563 g/mol. The lowest BCUT2D eigenvalue weighted by atomic mass is 9.94. The number of likely N-dealkylation sites (N-methyl/N-ethyl adjacent to an activating group) is 1. The summed E-state index contributed by atoms with van der Waals surface area (Å²) in [5, 5.41) is 13.3. The molecule has 4 N–H and O–H groups in total. The molecule has 4 rings (SSSR count). The summed E-state index contributed by atoms with van der Waals surface area (Å²) >= 11 is 6.59. The highest BCUT2D eigenvalue weighted by Gasteiger charge is 2.45. The van der Waals surface area contributed by atoms with E-state index in [4.69, 9.17) is 22.4 Å². The maximum Gasteiger partial charge on any atom is 0.347 e. The third-order valence-electron chi connectivity index (χ3n) is 7.08. The summed E-state index contributed by atoms with van der Waals surface area (Å²) < 4.78 is 0. The highest BCUT2D eigenvalue weighted by molar-refractivity contribution is 7.12. The molecule has 11 heteroatoms. The zero-order chi connectivity index (χ0) is 28.2. The van der Waals surface area contributed by atoms with Crippen molar-refractivity contribution in [2.24, 2.45) is 17.6 Å². The Balaban J connectivity index is 0.000000375. The number of carbonyl (C=O) groups is 4. The molecule has 0 radical (unpaired) electrons. The molecule has 3 atom stereocenters. The van der Waals surface area contributed by atoms with Crippen LogP contribution in [-0.4, -0.2) is 79.4 Å². The Morgan fingerprint density at radius 3 is 2.13 bits per heavy atom. The van der Waals surface area contributed by atoms with Crippen LogP contribution in [-0.2, 0) is 15.0 Å². The first-order chi connectivity index (χ1) is 17.8. The van der Waals surface area contributed by atoms with Gasteiger partial charge in [-0.1, -0.05) is 23.7 Å². The molecule has 206 valence electrons. The van der Waals surface area contributed by atoms with Gasteiger partial charge in [-0.15, -0.1) is 11.3 Å². The monoisotopic (exact) mass is 562 g/mol. The molecule has 2 aliphatic carbocycles. The summed E-state index contributed by atoms with van der Waals surface area (Å²) in [7, 11) is 7.54. The lowest BCUT2D eigenvalue weighted by Crippen LogP contribution is -2.42. The fraction of sp³-hybridized carbons (Fsp3) is 0.481. The van der Waals surface area contributed by atoms with Crippen LogP contribution in [0.2, 0.25) is 5.02 Å². The van der Waals surface area contributed by atoms with Crippen molar-refractivity contribution in [1.29, 1.82) is 0 Å². The Morgan fingerprint density at radius 1 is 1.08 bits per heavy atom. The number of halogens is 1. The van der Waals surface area contributed by atoms with Gasteiger partial charge in [0.25, 0.3) is 5.91 Å². The Labute approximate surface area is 231 Å². The van der Waals surface area contributed by atoms with Gasteiger partial charge in [0.2, 0.25) is 11.8 Å². The SMILES string of the molecule is CN(C)CC1(c2ccc(C(=O)NC3CC(C(=O)N(C)C)CC3C(N)=O)cc2)CC1.O=C(O)c1sccc1Cl. The van der Waals surface area contributed by atoms with Crippen LogP contribution in [0.1, 0.15) is 51.3 Å². The summed E-state index contributed by atoms with van der Waals surface area (Å²) in [5.41, 5.74) is 7.56. The second-order valence-corrected chi connectivity index (χ2v) is 11.8. The fourth-order valence-corrected chi connectivity index (χ4v) is 6.02. The summed E-state index contributed by atoms with van der Waals surface area (Å²) in [4.78, 5) is 51.0. The molecule has 3 amide bonds. The molecule has 38 heavy (non-hydrogen) atoms. The Bertz CT molecular complexity index is 1180. The van der Waals surface area contributed by atoms with E-state index in [1.54, 1.807) is 25.5 Å². The molecule has 1 aromatic carbocycles. The highest BCUT2D eigenvalue weighted by Crippen LogP contribution is 2.48. The van der Waals surface area contributed by atoms with E-state index in [9.17, 15) is 19.2 Å². The first-order valence-electron chi connectivity index (χ1n) is 12.4. The van der Waals surface area contributed by atoms with Crippen molar-refractivity contribution in [3.63, 3.8) is 0 Å². The number of rotatable bonds is 8. The first-order valence-corrected chi connectivity index (χ1v) is 13.6. The molecule has 2 fully saturated rings. The van der Waals surface area contributed by atoms with Gasteiger partial charge in [-0.05, 0) is 68.9 Å². The highest BCUT2D eigenvalue weighted by atomic mass is 35.5. The topological polar surface area (TPSA) is 133 Å². The smallest absolute Gasteiger partial charge is 0.347 e. The van der Waals surface area contributed by atoms with Crippen molar-refractivity contribution >= 4 is 46.6 Å². The number of nitrogens with one attached hydrogen (secondary N) is 1. The van der Waals surface area contributed by atoms with Gasteiger partial charge in [-0.2, -0.15) is 0 Å². The molecule has 2 saturated carbocycles. The Hall–Kier alpha value is -2.95. The van der Waals surface area contributed by atoms with Crippen LogP contribution in [0, 0.1) is 11.8 Å². The van der Waals surface area contributed by atoms with Crippen LogP contribution in [0.5, 0.6) is 0 Å². The van der Waals surface area contributed by atoms with E-state index in [1.807, 2.05) is 24.3 Å². The largest absolute Gasteiger partial charge is 0.477 e. The summed E-state index contributed by atoms with van der Waals surface area (Å²) in [6, 6.07) is 8.90. The third-order valence-corrected chi connectivity index (χ3v) is 8.41. The van der Waals surface area contributed by atoms with Crippen molar-refractivity contribution in [2.75, 3.05) is 34.7 Å². The second-order valence-electron chi connectivity index (χ2n) is 10.5. The van der Waals surface area contributed by atoms with E-state index in [-0.39, 0.29) is 28.0 Å². The van der Waals surface area contributed by atoms with Crippen LogP contribution in [0.25, 0.3) is 0 Å². The normalized spacial score (nSPS) is 21.3. The molecule has 0 saturated heterocycles. The summed E-state index contributed by atoms with van der Waals surface area (Å²) in [6.45, 7) is 1.00. The molecule has 2 aliphatic rings. The van der Waals surface area contributed by atoms with Crippen LogP contribution in [0.15, 0.2) is 35.7 Å². The number of primary amides is 1. The predicted molar refractivity (Wildman–Crippen MR) is 148 cm³/mol. The quantitative estimate of drug-likeness (QED) is 0.453. The first kappa shape index (κ1) is 29.6. The third kappa shape index (κ3) is 7.12. The fourth-order valence-electron chi connectivity index (χ4n) is 5.05. The van der Waals surface area contributed by atoms with Gasteiger partial charge in [0.1, 0.15) is 4.88 Å². The van der Waals surface area contributed by atoms with Crippen LogP contribution in [0.3, 0.4) is 0 Å². The number of carbonyl (C=O) groups excluding carboxylic acids is 3. The molecular formula is C27H35ClN4O5S. The number of nitrogens with zero attached hydrogens (tertiary/aromatic N) is 2. The Kier molecular flexibility index (Phi) is 9.56. The van der Waals surface area contributed by atoms with Crippen molar-refractivity contribution < 1.29 is 24.3 Å². The van der Waals surface area contributed by atoms with Gasteiger partial charge < -0.3 is 26.0 Å². The zero-order valence-electron chi connectivity index (χ0n) is 22.1. The maximum absolute atomic E-state index is 12.8. The number of nitrogens with two attached hydrogens (primary N) is 1. The standard InChI is InChI=1S/C22H32N4O3.C5H3ClO2S/c1-25(2)13-22(9-10-22)16-7-5-14(6-8-16)20(28)24-18-12-15(21(29)26(3)4)11-17(18)19(23)27;6-3-1-2-9-4(3)5(7)8/h5-8,15,17-18H,9-13H2,1-4H3,(H2,23,27)(H,24,28);1-2H,(H,7,8). The minimum absolute atomic E-state index is 0.0343. The second kappa shape index (κ2) is 12.3. The number of thiophene rings is 1. The maximum atomic E-state index is 12.8. The zero-order valence-corrected chi connectivity index (χ0v) is 23.6. The molecule has 9 nitrogen and oxygen atoms in total. The van der Waals surface area contributed by atoms with Gasteiger partial charge in [0, 0.05) is 43.6 Å². The number of hydrogen-bond donors (Lipinski definition) is 3. The lowest BCUT2D eigenvalue weighted by Gasteiger charge is -2.21. The van der Waals surface area contributed by atoms with E-state index in [0.29, 0.717) is 23.4 Å². The van der Waals surface area contributed by atoms with E-state index in [0.717, 1.165) is 17.9 Å². The van der Waals surface area contributed by atoms with E-state index in [1.165, 1.54) is 23.3 Å². The molecule has 3 unspecified atom stereocenters. The van der Waals surface area contributed by atoms with Gasteiger partial charge >= 0.3 is 5.97 Å². The lowest BCUT2D eigenvalue weighted by molar-refractivity contribution is -0.132. The van der Waals surface area contributed by atoms with E-state index < -0.39 is 23.8 Å². The summed E-state index contributed by atoms with van der Waals surface area (Å²) in [6.07, 6.45) is 3.14. The van der Waals surface area contributed by atoms with Gasteiger partial charge in [0.05, 0.1) is 10.9 Å². The Morgan fingerprint density at radius 2 is 1.71 bits per heavy atom. The molecule has 0 spiro atoms. The predicted octanol–water partition coefficient (Wildman–Crippen LogP) is 3.08. The number of amides is 3. The number of aromatic carboxylic acids is 1. The molecule has 2 aromatic rings. The average Bonchev–Trinajstić information content (AvgIpc) is 3.28. The molecular weight excluding hydrogens is 528 g/mol. The van der Waals surface area contributed by atoms with Crippen molar-refractivity contribution in [1.82, 2.24) is 15.1 Å². The number of carboxylic acids is 1. The number of hydrogen-bond acceptors (Lipinski definition) is 6. The summed E-state index contributed by atoms with van der Waals surface area (Å²) in [5.74, 6) is -2.52. The van der Waals surface area contributed by atoms with Crippen LogP contribution >= 0.6 is 22.9 Å². The van der Waals surface area contributed by atoms with E-state index >= 15 is 0 Å². The van der Waals surface area contributed by atoms with Crippen molar-refractivity contribution in [2.45, 2.75) is 37.1 Å². The minimum Gasteiger partial charge on any atom is -0.477 e. The number of carboxylic acid groups (broad SMARTS) is 1. The van der Waals surface area contributed by atoms with Crippen LogP contribution in [0.4, 0.5) is 0 Å². The minimum atomic E-state index is -0.963. The molecule has 0 aliphatic heterocycles. The van der Waals surface area contributed by atoms with Gasteiger partial charge in [0.15, 0.2) is 0 Å². The molecule has 1 heterocycles. The molecule has 0 bridgehead atoms. The van der Waals surface area contributed by atoms with Crippen molar-refractivity contribution in [3.8, 4) is 0 Å². The van der Waals surface area contributed by atoms with E-state index in [2.05, 4.69) is 24.3 Å².